The van der Waals surface area contributed by atoms with E-state index in [-0.39, 0.29) is 5.97 Å². The summed E-state index contributed by atoms with van der Waals surface area (Å²) in [5, 5.41) is 0.615. The minimum Gasteiger partial charge on any atom is -0.469 e. The number of halogens is 1. The number of nitrogens with zero attached hydrogens (tertiary/aromatic N) is 3. The lowest BCUT2D eigenvalue weighted by atomic mass is 10.3. The Labute approximate surface area is 106 Å². The van der Waals surface area contributed by atoms with E-state index in [2.05, 4.69) is 14.6 Å². The molecular formula is C11H18ClN3O2. The molecule has 1 rings (SSSR count). The number of carbonyl (C=O) groups is 1. The van der Waals surface area contributed by atoms with Crippen molar-refractivity contribution >= 4 is 17.6 Å². The maximum Gasteiger partial charge on any atom is 0.306 e. The molecule has 96 valence electrons. The van der Waals surface area contributed by atoms with Crippen molar-refractivity contribution in [1.82, 2.24) is 14.5 Å². The van der Waals surface area contributed by atoms with Gasteiger partial charge in [0.05, 0.1) is 26.3 Å². The van der Waals surface area contributed by atoms with Crippen LogP contribution in [0.15, 0.2) is 6.20 Å². The Kier molecular flexibility index (Phi) is 5.44. The first-order valence-electron chi connectivity index (χ1n) is 5.53. The molecule has 0 fully saturated rings. The quantitative estimate of drug-likeness (QED) is 0.726. The van der Waals surface area contributed by atoms with E-state index in [0.29, 0.717) is 24.7 Å². The van der Waals surface area contributed by atoms with Crippen LogP contribution in [0.3, 0.4) is 0 Å². The summed E-state index contributed by atoms with van der Waals surface area (Å²) in [6.45, 7) is 4.23. The number of imidazole rings is 1. The molecule has 0 N–H and O–H groups in total. The molecule has 17 heavy (non-hydrogen) atoms. The summed E-state index contributed by atoms with van der Waals surface area (Å²) in [4.78, 5) is 17.4. The number of hydrogen-bond acceptors (Lipinski definition) is 4. The van der Waals surface area contributed by atoms with Gasteiger partial charge in [-0.3, -0.25) is 9.69 Å². The summed E-state index contributed by atoms with van der Waals surface area (Å²) in [5.74, 6) is 0.697. The van der Waals surface area contributed by atoms with Gasteiger partial charge in [0.25, 0.3) is 0 Å². The van der Waals surface area contributed by atoms with E-state index in [1.165, 1.54) is 7.11 Å². The van der Waals surface area contributed by atoms with Crippen LogP contribution in [0.25, 0.3) is 0 Å². The van der Waals surface area contributed by atoms with Gasteiger partial charge in [0.15, 0.2) is 0 Å². The molecule has 1 heterocycles. The highest BCUT2D eigenvalue weighted by molar-refractivity contribution is 6.29. The van der Waals surface area contributed by atoms with Crippen LogP contribution in [-0.2, 0) is 23.1 Å². The third-order valence-electron chi connectivity index (χ3n) is 2.70. The van der Waals surface area contributed by atoms with Gasteiger partial charge in [0.1, 0.15) is 11.0 Å². The second kappa shape index (κ2) is 6.61. The largest absolute Gasteiger partial charge is 0.469 e. The normalized spacial score (nSPS) is 10.9. The van der Waals surface area contributed by atoms with Crippen molar-refractivity contribution in [2.75, 3.05) is 20.2 Å². The summed E-state index contributed by atoms with van der Waals surface area (Å²) in [7, 11) is 3.27. The minimum atomic E-state index is -0.193. The van der Waals surface area contributed by atoms with Gasteiger partial charge in [0, 0.05) is 13.6 Å². The van der Waals surface area contributed by atoms with Gasteiger partial charge in [-0.2, -0.15) is 0 Å². The van der Waals surface area contributed by atoms with Crippen LogP contribution in [0, 0.1) is 0 Å². The lowest BCUT2D eigenvalue weighted by molar-refractivity contribution is -0.141. The Morgan fingerprint density at radius 2 is 2.35 bits per heavy atom. The maximum atomic E-state index is 11.1. The van der Waals surface area contributed by atoms with Crippen LogP contribution in [0.1, 0.15) is 19.2 Å². The first-order chi connectivity index (χ1) is 8.08. The molecule has 0 aliphatic carbocycles. The van der Waals surface area contributed by atoms with Crippen molar-refractivity contribution in [3.63, 3.8) is 0 Å². The van der Waals surface area contributed by atoms with Crippen molar-refractivity contribution in [1.29, 1.82) is 0 Å². The SMILES string of the molecule is CCN(CCC(=O)OC)Cc1ncc(Cl)n1C. The highest BCUT2D eigenvalue weighted by Gasteiger charge is 2.11. The molecule has 0 spiro atoms. The third-order valence-corrected chi connectivity index (χ3v) is 3.05. The van der Waals surface area contributed by atoms with E-state index in [1.54, 1.807) is 6.20 Å². The summed E-state index contributed by atoms with van der Waals surface area (Å²) >= 11 is 5.91. The molecule has 0 unspecified atom stereocenters. The van der Waals surface area contributed by atoms with E-state index in [1.807, 2.05) is 18.5 Å². The van der Waals surface area contributed by atoms with Gasteiger partial charge in [-0.05, 0) is 6.54 Å². The van der Waals surface area contributed by atoms with Gasteiger partial charge in [-0.25, -0.2) is 4.98 Å². The van der Waals surface area contributed by atoms with Crippen LogP contribution >= 0.6 is 11.6 Å². The molecule has 0 aromatic carbocycles. The van der Waals surface area contributed by atoms with Gasteiger partial charge >= 0.3 is 5.97 Å². The second-order valence-corrected chi connectivity index (χ2v) is 4.14. The van der Waals surface area contributed by atoms with Crippen molar-refractivity contribution in [3.8, 4) is 0 Å². The molecule has 0 amide bonds. The van der Waals surface area contributed by atoms with Crippen LogP contribution in [0.4, 0.5) is 0 Å². The number of methoxy groups -OCH3 is 1. The smallest absolute Gasteiger partial charge is 0.306 e. The first-order valence-corrected chi connectivity index (χ1v) is 5.91. The number of esters is 1. The van der Waals surface area contributed by atoms with E-state index >= 15 is 0 Å². The molecule has 0 aliphatic rings. The summed E-state index contributed by atoms with van der Waals surface area (Å²) in [5.41, 5.74) is 0. The Hall–Kier alpha value is -1.07. The zero-order valence-electron chi connectivity index (χ0n) is 10.4. The topological polar surface area (TPSA) is 47.4 Å². The molecule has 6 heteroatoms. The molecule has 0 bridgehead atoms. The van der Waals surface area contributed by atoms with Crippen LogP contribution in [-0.4, -0.2) is 40.6 Å². The van der Waals surface area contributed by atoms with E-state index in [9.17, 15) is 4.79 Å². The summed E-state index contributed by atoms with van der Waals surface area (Å²) in [6.07, 6.45) is 2.02. The molecule has 0 atom stereocenters. The summed E-state index contributed by atoms with van der Waals surface area (Å²) < 4.78 is 6.45. The van der Waals surface area contributed by atoms with Crippen molar-refractivity contribution in [2.45, 2.75) is 19.9 Å². The number of carbonyl (C=O) groups excluding carboxylic acids is 1. The molecule has 0 aliphatic heterocycles. The molecule has 1 aromatic heterocycles. The highest BCUT2D eigenvalue weighted by Crippen LogP contribution is 2.11. The number of rotatable bonds is 6. The number of aromatic nitrogens is 2. The predicted molar refractivity (Wildman–Crippen MR) is 65.8 cm³/mol. The monoisotopic (exact) mass is 259 g/mol. The van der Waals surface area contributed by atoms with Gasteiger partial charge in [0.2, 0.25) is 0 Å². The lowest BCUT2D eigenvalue weighted by Crippen LogP contribution is -2.27. The second-order valence-electron chi connectivity index (χ2n) is 3.75. The van der Waals surface area contributed by atoms with Crippen LogP contribution < -0.4 is 0 Å². The van der Waals surface area contributed by atoms with Gasteiger partial charge in [-0.15, -0.1) is 0 Å². The number of ether oxygens (including phenoxy) is 1. The van der Waals surface area contributed by atoms with Gasteiger partial charge < -0.3 is 9.30 Å². The standard InChI is InChI=1S/C11H18ClN3O2/c1-4-15(6-5-11(16)17-3)8-10-13-7-9(12)14(10)2/h7H,4-6,8H2,1-3H3. The molecule has 0 saturated carbocycles. The molecule has 0 saturated heterocycles. The predicted octanol–water partition coefficient (Wildman–Crippen LogP) is 1.46. The van der Waals surface area contributed by atoms with E-state index in [0.717, 1.165) is 12.4 Å². The van der Waals surface area contributed by atoms with Crippen molar-refractivity contribution < 1.29 is 9.53 Å². The lowest BCUT2D eigenvalue weighted by Gasteiger charge is -2.19. The average molecular weight is 260 g/mol. The fraction of sp³-hybridized carbons (Fsp3) is 0.636. The van der Waals surface area contributed by atoms with Crippen molar-refractivity contribution in [2.24, 2.45) is 7.05 Å². The first kappa shape index (κ1) is 14.0. The maximum absolute atomic E-state index is 11.1. The molecule has 0 radical (unpaired) electrons. The number of hydrogen-bond donors (Lipinski definition) is 0. The molecule has 5 nitrogen and oxygen atoms in total. The van der Waals surface area contributed by atoms with Crippen LogP contribution in [0.2, 0.25) is 5.15 Å². The fourth-order valence-corrected chi connectivity index (χ4v) is 1.62. The highest BCUT2D eigenvalue weighted by atomic mass is 35.5. The zero-order valence-corrected chi connectivity index (χ0v) is 11.2. The Balaban J connectivity index is 2.52. The minimum absolute atomic E-state index is 0.193. The van der Waals surface area contributed by atoms with E-state index < -0.39 is 0 Å². The fourth-order valence-electron chi connectivity index (χ4n) is 1.47. The third kappa shape index (κ3) is 4.02. The molecular weight excluding hydrogens is 242 g/mol. The summed E-state index contributed by atoms with van der Waals surface area (Å²) in [6, 6.07) is 0. The van der Waals surface area contributed by atoms with Gasteiger partial charge in [-0.1, -0.05) is 18.5 Å². The van der Waals surface area contributed by atoms with E-state index in [4.69, 9.17) is 11.6 Å². The average Bonchev–Trinajstić information content (AvgIpc) is 2.65. The Bertz CT molecular complexity index is 379. The van der Waals surface area contributed by atoms with Crippen LogP contribution in [0.5, 0.6) is 0 Å². The van der Waals surface area contributed by atoms with Crippen molar-refractivity contribution in [3.05, 3.63) is 17.2 Å². The Morgan fingerprint density at radius 3 is 2.82 bits per heavy atom. The zero-order chi connectivity index (χ0) is 12.8. The Morgan fingerprint density at radius 1 is 1.65 bits per heavy atom. The molecule has 1 aromatic rings.